The largest absolute Gasteiger partial charge is 0.463 e. The van der Waals surface area contributed by atoms with Gasteiger partial charge in [-0.3, -0.25) is 0 Å². The normalized spacial score (nSPS) is 12.3. The Morgan fingerprint density at radius 2 is 2.42 bits per heavy atom. The lowest BCUT2D eigenvalue weighted by Crippen LogP contribution is -2.29. The molecule has 102 valence electrons. The van der Waals surface area contributed by atoms with Gasteiger partial charge in [0.25, 0.3) is 0 Å². The molecule has 2 rings (SSSR count). The van der Waals surface area contributed by atoms with Crippen molar-refractivity contribution in [1.82, 2.24) is 14.9 Å². The van der Waals surface area contributed by atoms with Crippen LogP contribution in [-0.2, 0) is 17.8 Å². The van der Waals surface area contributed by atoms with Crippen LogP contribution in [0.4, 0.5) is 0 Å². The fourth-order valence-electron chi connectivity index (χ4n) is 1.73. The lowest BCUT2D eigenvalue weighted by atomic mass is 10.3. The number of aromatic nitrogens is 2. The smallest absolute Gasteiger partial charge is 0.373 e. The van der Waals surface area contributed by atoms with E-state index >= 15 is 0 Å². The highest BCUT2D eigenvalue weighted by atomic mass is 16.5. The van der Waals surface area contributed by atoms with E-state index in [0.717, 1.165) is 6.54 Å². The monoisotopic (exact) mass is 263 g/mol. The van der Waals surface area contributed by atoms with E-state index in [4.69, 9.17) is 4.42 Å². The maximum Gasteiger partial charge on any atom is 0.373 e. The number of nitrogens with one attached hydrogen (secondary N) is 1. The highest BCUT2D eigenvalue weighted by molar-refractivity contribution is 5.86. The summed E-state index contributed by atoms with van der Waals surface area (Å²) in [4.78, 5) is 15.2. The molecule has 0 spiro atoms. The summed E-state index contributed by atoms with van der Waals surface area (Å²) in [6, 6.07) is 3.65. The summed E-state index contributed by atoms with van der Waals surface area (Å²) < 4.78 is 11.9. The molecule has 0 bridgehead atoms. The first-order chi connectivity index (χ1) is 9.19. The van der Waals surface area contributed by atoms with Crippen molar-refractivity contribution < 1.29 is 13.9 Å². The number of hydrogen-bond donors (Lipinski definition) is 1. The molecule has 1 N–H and O–H groups in total. The number of methoxy groups -OCH3 is 1. The second kappa shape index (κ2) is 6.19. The van der Waals surface area contributed by atoms with E-state index in [1.54, 1.807) is 24.7 Å². The van der Waals surface area contributed by atoms with Crippen LogP contribution in [-0.4, -0.2) is 28.7 Å². The molecule has 1 unspecified atom stereocenters. The molecule has 6 heteroatoms. The van der Waals surface area contributed by atoms with Gasteiger partial charge in [-0.05, 0) is 19.1 Å². The Morgan fingerprint density at radius 1 is 1.58 bits per heavy atom. The van der Waals surface area contributed by atoms with Gasteiger partial charge in [-0.1, -0.05) is 0 Å². The molecule has 6 nitrogen and oxygen atoms in total. The van der Waals surface area contributed by atoms with Crippen molar-refractivity contribution in [3.05, 3.63) is 42.4 Å². The predicted octanol–water partition coefficient (Wildman–Crippen LogP) is 1.44. The minimum absolute atomic E-state index is 0.224. The molecule has 0 aromatic carbocycles. The van der Waals surface area contributed by atoms with Crippen LogP contribution >= 0.6 is 0 Å². The molecule has 2 aromatic heterocycles. The summed E-state index contributed by atoms with van der Waals surface area (Å²) in [7, 11) is 1.33. The molecule has 0 aliphatic carbocycles. The fraction of sp³-hybridized carbons (Fsp3) is 0.385. The van der Waals surface area contributed by atoms with Crippen LogP contribution < -0.4 is 5.32 Å². The molecule has 0 saturated heterocycles. The first-order valence-corrected chi connectivity index (χ1v) is 6.05. The average Bonchev–Trinajstić information content (AvgIpc) is 3.06. The van der Waals surface area contributed by atoms with Crippen LogP contribution in [0.1, 0.15) is 23.2 Å². The molecule has 19 heavy (non-hydrogen) atoms. The quantitative estimate of drug-likeness (QED) is 0.799. The minimum atomic E-state index is -0.460. The first-order valence-electron chi connectivity index (χ1n) is 6.05. The van der Waals surface area contributed by atoms with Gasteiger partial charge in [0.2, 0.25) is 5.76 Å². The summed E-state index contributed by atoms with van der Waals surface area (Å²) in [6.45, 7) is 3.46. The Hall–Kier alpha value is -2.08. The third-order valence-electron chi connectivity index (χ3n) is 2.72. The van der Waals surface area contributed by atoms with E-state index < -0.39 is 5.97 Å². The zero-order valence-corrected chi connectivity index (χ0v) is 11.0. The topological polar surface area (TPSA) is 69.3 Å². The van der Waals surface area contributed by atoms with Gasteiger partial charge >= 0.3 is 5.97 Å². The second-order valence-electron chi connectivity index (χ2n) is 4.30. The van der Waals surface area contributed by atoms with Gasteiger partial charge in [-0.2, -0.15) is 0 Å². The number of carbonyl (C=O) groups excluding carboxylic acids is 1. The maximum absolute atomic E-state index is 11.2. The predicted molar refractivity (Wildman–Crippen MR) is 68.6 cm³/mol. The van der Waals surface area contributed by atoms with Crippen LogP contribution in [0.5, 0.6) is 0 Å². The van der Waals surface area contributed by atoms with E-state index in [0.29, 0.717) is 12.3 Å². The standard InChI is InChI=1S/C13H17N3O3/c1-10(8-16-6-5-14-9-16)15-7-11-3-4-12(19-11)13(17)18-2/h3-6,9-10,15H,7-8H2,1-2H3. The summed E-state index contributed by atoms with van der Waals surface area (Å²) in [5.74, 6) is 0.470. The van der Waals surface area contributed by atoms with Crippen LogP contribution in [0, 0.1) is 0 Å². The molecule has 0 saturated carbocycles. The molecule has 0 aliphatic heterocycles. The zero-order valence-electron chi connectivity index (χ0n) is 11.0. The van der Waals surface area contributed by atoms with Gasteiger partial charge in [0, 0.05) is 25.0 Å². The van der Waals surface area contributed by atoms with Gasteiger partial charge < -0.3 is 19.0 Å². The van der Waals surface area contributed by atoms with Crippen LogP contribution in [0.25, 0.3) is 0 Å². The Labute approximate surface area is 111 Å². The van der Waals surface area contributed by atoms with E-state index in [2.05, 4.69) is 22.0 Å². The van der Waals surface area contributed by atoms with Crippen molar-refractivity contribution in [2.24, 2.45) is 0 Å². The van der Waals surface area contributed by atoms with E-state index in [1.165, 1.54) is 7.11 Å². The van der Waals surface area contributed by atoms with Gasteiger partial charge in [0.15, 0.2) is 0 Å². The molecule has 0 fully saturated rings. The van der Waals surface area contributed by atoms with Crippen LogP contribution in [0.15, 0.2) is 35.3 Å². The number of hydrogen-bond acceptors (Lipinski definition) is 5. The average molecular weight is 263 g/mol. The van der Waals surface area contributed by atoms with Crippen molar-refractivity contribution >= 4 is 5.97 Å². The highest BCUT2D eigenvalue weighted by Crippen LogP contribution is 2.09. The number of ether oxygens (including phenoxy) is 1. The fourth-order valence-corrected chi connectivity index (χ4v) is 1.73. The number of nitrogens with zero attached hydrogens (tertiary/aromatic N) is 2. The SMILES string of the molecule is COC(=O)c1ccc(CNC(C)Cn2ccnc2)o1. The molecule has 2 aromatic rings. The summed E-state index contributed by atoms with van der Waals surface area (Å²) >= 11 is 0. The lowest BCUT2D eigenvalue weighted by Gasteiger charge is -2.13. The maximum atomic E-state index is 11.2. The van der Waals surface area contributed by atoms with Crippen LogP contribution in [0.2, 0.25) is 0 Å². The number of esters is 1. The first kappa shape index (κ1) is 13.4. The number of imidazole rings is 1. The Morgan fingerprint density at radius 3 is 3.11 bits per heavy atom. The molecule has 0 aliphatic rings. The number of rotatable bonds is 6. The Bertz CT molecular complexity index is 519. The third kappa shape index (κ3) is 3.69. The van der Waals surface area contributed by atoms with Crippen molar-refractivity contribution in [2.45, 2.75) is 26.1 Å². The summed E-state index contributed by atoms with van der Waals surface area (Å²) in [5, 5.41) is 3.31. The molecule has 1 atom stereocenters. The second-order valence-corrected chi connectivity index (χ2v) is 4.30. The summed E-state index contributed by atoms with van der Waals surface area (Å²) in [5.41, 5.74) is 0. The van der Waals surface area contributed by atoms with Crippen molar-refractivity contribution in [1.29, 1.82) is 0 Å². The van der Waals surface area contributed by atoms with E-state index in [1.807, 2.05) is 10.8 Å². The van der Waals surface area contributed by atoms with E-state index in [9.17, 15) is 4.79 Å². The molecular weight excluding hydrogens is 246 g/mol. The number of carbonyl (C=O) groups is 1. The zero-order chi connectivity index (χ0) is 13.7. The van der Waals surface area contributed by atoms with Gasteiger partial charge in [-0.15, -0.1) is 0 Å². The molecule has 0 amide bonds. The molecule has 2 heterocycles. The van der Waals surface area contributed by atoms with Gasteiger partial charge in [0.1, 0.15) is 5.76 Å². The Kier molecular flexibility index (Phi) is 4.35. The lowest BCUT2D eigenvalue weighted by molar-refractivity contribution is 0.0563. The minimum Gasteiger partial charge on any atom is -0.463 e. The van der Waals surface area contributed by atoms with Crippen molar-refractivity contribution in [2.75, 3.05) is 7.11 Å². The van der Waals surface area contributed by atoms with Gasteiger partial charge in [0.05, 0.1) is 20.0 Å². The Balaban J connectivity index is 1.81. The van der Waals surface area contributed by atoms with Crippen molar-refractivity contribution in [3.8, 4) is 0 Å². The van der Waals surface area contributed by atoms with Crippen molar-refractivity contribution in [3.63, 3.8) is 0 Å². The number of furan rings is 1. The van der Waals surface area contributed by atoms with E-state index in [-0.39, 0.29) is 11.8 Å². The molecule has 0 radical (unpaired) electrons. The van der Waals surface area contributed by atoms with Crippen LogP contribution in [0.3, 0.4) is 0 Å². The highest BCUT2D eigenvalue weighted by Gasteiger charge is 2.11. The van der Waals surface area contributed by atoms with Gasteiger partial charge in [-0.25, -0.2) is 9.78 Å². The summed E-state index contributed by atoms with van der Waals surface area (Å²) in [6.07, 6.45) is 5.45. The third-order valence-corrected chi connectivity index (χ3v) is 2.72. The molecular formula is C13H17N3O3.